The van der Waals surface area contributed by atoms with Crippen LogP contribution in [-0.2, 0) is 18.0 Å². The van der Waals surface area contributed by atoms with Crippen LogP contribution in [0.15, 0.2) is 12.4 Å². The standard InChI is InChI=1S/C25H23F2N7OS/c1-33(2)8-12-3-4-34(9-12)25-31-6-14-15-10-35-11-16(15)18(20(27)21(14)32-25)22-19-13(5-28)24(29)36-23(19)17(26)7-30-22/h6-7,12H,3-4,8-11,29H2,1-2H3/t12-/m1/s1. The molecular formula is C25H23F2N7OS. The number of hydrogen-bond acceptors (Lipinski definition) is 9. The number of benzene rings is 1. The van der Waals surface area contributed by atoms with Gasteiger partial charge in [-0.2, -0.15) is 5.26 Å². The van der Waals surface area contributed by atoms with Gasteiger partial charge in [0.1, 0.15) is 16.6 Å². The SMILES string of the molecule is CN(C)C[C@H]1CCN(c2ncc3c4c(c(-c5ncc(F)c6sc(N)c(C#N)c56)c(F)c3n2)COC4)C1. The van der Waals surface area contributed by atoms with Crippen molar-refractivity contribution in [1.82, 2.24) is 19.9 Å². The summed E-state index contributed by atoms with van der Waals surface area (Å²) in [6.07, 6.45) is 3.72. The summed E-state index contributed by atoms with van der Waals surface area (Å²) in [6.45, 7) is 3.00. The largest absolute Gasteiger partial charge is 0.389 e. The molecule has 11 heteroatoms. The van der Waals surface area contributed by atoms with E-state index in [4.69, 9.17) is 10.5 Å². The van der Waals surface area contributed by atoms with Gasteiger partial charge in [-0.25, -0.2) is 18.7 Å². The van der Waals surface area contributed by atoms with E-state index < -0.39 is 11.6 Å². The normalized spacial score (nSPS) is 17.4. The Morgan fingerprint density at radius 2 is 2.06 bits per heavy atom. The molecule has 3 aromatic heterocycles. The zero-order valence-corrected chi connectivity index (χ0v) is 20.6. The first-order valence-corrected chi connectivity index (χ1v) is 12.4. The van der Waals surface area contributed by atoms with Crippen LogP contribution in [0.2, 0.25) is 0 Å². The van der Waals surface area contributed by atoms with Crippen LogP contribution >= 0.6 is 11.3 Å². The van der Waals surface area contributed by atoms with E-state index in [1.54, 1.807) is 6.20 Å². The molecule has 4 aromatic rings. The van der Waals surface area contributed by atoms with Crippen LogP contribution in [0.5, 0.6) is 0 Å². The summed E-state index contributed by atoms with van der Waals surface area (Å²) < 4.78 is 36.9. The Hall–Kier alpha value is -3.46. The van der Waals surface area contributed by atoms with Gasteiger partial charge < -0.3 is 20.3 Å². The molecule has 0 amide bonds. The zero-order chi connectivity index (χ0) is 25.1. The Kier molecular flexibility index (Phi) is 5.48. The van der Waals surface area contributed by atoms with Crippen LogP contribution in [0.1, 0.15) is 23.1 Å². The van der Waals surface area contributed by atoms with Crippen molar-refractivity contribution in [2.75, 3.05) is 44.4 Å². The first-order valence-electron chi connectivity index (χ1n) is 11.6. The number of fused-ring (bicyclic) bond motifs is 4. The number of hydrogen-bond donors (Lipinski definition) is 1. The number of nitrogens with two attached hydrogens (primary N) is 1. The Labute approximate surface area is 209 Å². The molecule has 8 nitrogen and oxygen atoms in total. The molecule has 1 aromatic carbocycles. The molecule has 2 aliphatic heterocycles. The summed E-state index contributed by atoms with van der Waals surface area (Å²) in [6, 6.07) is 2.03. The quantitative estimate of drug-likeness (QED) is 0.441. The number of nitrogens with zero attached hydrogens (tertiary/aromatic N) is 6. The van der Waals surface area contributed by atoms with E-state index in [0.29, 0.717) is 22.8 Å². The van der Waals surface area contributed by atoms with Crippen molar-refractivity contribution < 1.29 is 13.5 Å². The topological polar surface area (TPSA) is 104 Å². The van der Waals surface area contributed by atoms with Gasteiger partial charge in [0.05, 0.1) is 35.4 Å². The van der Waals surface area contributed by atoms with Gasteiger partial charge in [-0.15, -0.1) is 11.3 Å². The van der Waals surface area contributed by atoms with E-state index in [1.807, 2.05) is 20.2 Å². The van der Waals surface area contributed by atoms with Crippen molar-refractivity contribution in [2.24, 2.45) is 5.92 Å². The van der Waals surface area contributed by atoms with Gasteiger partial charge in [0.15, 0.2) is 11.6 Å². The lowest BCUT2D eigenvalue weighted by Gasteiger charge is -2.19. The van der Waals surface area contributed by atoms with Crippen LogP contribution in [0.25, 0.3) is 32.2 Å². The number of nitrogen functional groups attached to an aromatic ring is 1. The van der Waals surface area contributed by atoms with Crippen molar-refractivity contribution in [3.05, 3.63) is 40.7 Å². The highest BCUT2D eigenvalue weighted by Gasteiger charge is 2.31. The number of pyridine rings is 1. The number of halogens is 2. The molecule has 6 rings (SSSR count). The molecule has 0 unspecified atom stereocenters. The fourth-order valence-corrected chi connectivity index (χ4v) is 6.29. The van der Waals surface area contributed by atoms with Crippen LogP contribution in [-0.4, -0.2) is 53.6 Å². The predicted octanol–water partition coefficient (Wildman–Crippen LogP) is 4.06. The van der Waals surface area contributed by atoms with Crippen LogP contribution in [0.3, 0.4) is 0 Å². The van der Waals surface area contributed by atoms with Crippen molar-refractivity contribution in [2.45, 2.75) is 19.6 Å². The molecule has 0 bridgehead atoms. The molecule has 0 radical (unpaired) electrons. The van der Waals surface area contributed by atoms with Gasteiger partial charge in [0.25, 0.3) is 0 Å². The molecule has 5 heterocycles. The third-order valence-electron chi connectivity index (χ3n) is 6.92. The Bertz CT molecular complexity index is 1580. The third-order valence-corrected chi connectivity index (χ3v) is 7.95. The lowest BCUT2D eigenvalue weighted by molar-refractivity contribution is 0.135. The molecule has 0 saturated carbocycles. The lowest BCUT2D eigenvalue weighted by Crippen LogP contribution is -2.26. The van der Waals surface area contributed by atoms with Gasteiger partial charge in [0.2, 0.25) is 5.95 Å². The Balaban J connectivity index is 1.56. The third kappa shape index (κ3) is 3.48. The average Bonchev–Trinajstić information content (AvgIpc) is 3.59. The van der Waals surface area contributed by atoms with Gasteiger partial charge in [0, 0.05) is 42.2 Å². The monoisotopic (exact) mass is 507 g/mol. The van der Waals surface area contributed by atoms with Crippen LogP contribution < -0.4 is 10.6 Å². The molecule has 1 saturated heterocycles. The maximum atomic E-state index is 16.4. The number of rotatable bonds is 4. The molecule has 36 heavy (non-hydrogen) atoms. The van der Waals surface area contributed by atoms with E-state index >= 15 is 4.39 Å². The van der Waals surface area contributed by atoms with Crippen LogP contribution in [0, 0.1) is 28.9 Å². The van der Waals surface area contributed by atoms with E-state index in [0.717, 1.165) is 49.2 Å². The highest BCUT2D eigenvalue weighted by Crippen LogP contribution is 2.45. The summed E-state index contributed by atoms with van der Waals surface area (Å²) in [5.41, 5.74) is 7.99. The van der Waals surface area contributed by atoms with Crippen molar-refractivity contribution in [1.29, 1.82) is 5.26 Å². The van der Waals surface area contributed by atoms with Crippen molar-refractivity contribution >= 4 is 43.3 Å². The smallest absolute Gasteiger partial charge is 0.225 e. The van der Waals surface area contributed by atoms with Crippen molar-refractivity contribution in [3.8, 4) is 17.3 Å². The number of anilines is 2. The van der Waals surface area contributed by atoms with Gasteiger partial charge in [-0.05, 0) is 37.6 Å². The van der Waals surface area contributed by atoms with E-state index in [9.17, 15) is 9.65 Å². The number of aromatic nitrogens is 3. The van der Waals surface area contributed by atoms with Gasteiger partial charge in [-0.1, -0.05) is 0 Å². The highest BCUT2D eigenvalue weighted by atomic mass is 32.1. The summed E-state index contributed by atoms with van der Waals surface area (Å²) >= 11 is 0.956. The first kappa shape index (κ1) is 23.0. The highest BCUT2D eigenvalue weighted by molar-refractivity contribution is 7.23. The molecule has 0 spiro atoms. The minimum Gasteiger partial charge on any atom is -0.389 e. The summed E-state index contributed by atoms with van der Waals surface area (Å²) in [5.74, 6) is -0.233. The number of thiophene rings is 1. The van der Waals surface area contributed by atoms with Crippen molar-refractivity contribution in [3.63, 3.8) is 0 Å². The molecule has 2 aliphatic rings. The fourth-order valence-electron chi connectivity index (χ4n) is 5.37. The van der Waals surface area contributed by atoms with Gasteiger partial charge >= 0.3 is 0 Å². The Morgan fingerprint density at radius 1 is 1.25 bits per heavy atom. The molecule has 0 aliphatic carbocycles. The number of ether oxygens (including phenoxy) is 1. The molecule has 2 N–H and O–H groups in total. The van der Waals surface area contributed by atoms with Crippen LogP contribution in [0.4, 0.5) is 19.7 Å². The zero-order valence-electron chi connectivity index (χ0n) is 19.8. The fraction of sp³-hybridized carbons (Fsp3) is 0.360. The molecular weight excluding hydrogens is 484 g/mol. The van der Waals surface area contributed by atoms with E-state index in [-0.39, 0.29) is 50.6 Å². The maximum Gasteiger partial charge on any atom is 0.225 e. The lowest BCUT2D eigenvalue weighted by atomic mass is 9.94. The second-order valence-electron chi connectivity index (χ2n) is 9.55. The second kappa shape index (κ2) is 8.58. The predicted molar refractivity (Wildman–Crippen MR) is 135 cm³/mol. The summed E-state index contributed by atoms with van der Waals surface area (Å²) in [5, 5.41) is 10.7. The van der Waals surface area contributed by atoms with E-state index in [2.05, 4.69) is 24.8 Å². The Morgan fingerprint density at radius 3 is 2.83 bits per heavy atom. The molecule has 1 fully saturated rings. The second-order valence-corrected chi connectivity index (χ2v) is 10.6. The summed E-state index contributed by atoms with van der Waals surface area (Å²) in [7, 11) is 4.10. The minimum atomic E-state index is -0.605. The average molecular weight is 508 g/mol. The molecule has 1 atom stereocenters. The first-order chi connectivity index (χ1) is 17.4. The molecule has 184 valence electrons. The maximum absolute atomic E-state index is 16.4. The summed E-state index contributed by atoms with van der Waals surface area (Å²) in [4.78, 5) is 17.7. The van der Waals surface area contributed by atoms with E-state index in [1.165, 1.54) is 0 Å². The number of nitriles is 1. The van der Waals surface area contributed by atoms with Gasteiger partial charge in [-0.3, -0.25) is 4.98 Å². The minimum absolute atomic E-state index is 0.0940.